The number of nitrogens with one attached hydrogen (secondary N) is 1. The fraction of sp³-hybridized carbons (Fsp3) is 0.308. The Morgan fingerprint density at radius 1 is 1.35 bits per heavy atom. The SMILES string of the molecule is CCC(=O)NCCc1ccc(-c2ccsc2)s1. The largest absolute Gasteiger partial charge is 0.356 e. The van der Waals surface area contributed by atoms with Gasteiger partial charge in [0.2, 0.25) is 5.91 Å². The van der Waals surface area contributed by atoms with Crippen LogP contribution in [0.15, 0.2) is 29.0 Å². The third-order valence-corrected chi connectivity index (χ3v) is 4.36. The number of hydrogen-bond donors (Lipinski definition) is 1. The van der Waals surface area contributed by atoms with Gasteiger partial charge in [-0.15, -0.1) is 11.3 Å². The van der Waals surface area contributed by atoms with Gasteiger partial charge in [-0.25, -0.2) is 0 Å². The highest BCUT2D eigenvalue weighted by molar-refractivity contribution is 7.16. The molecule has 4 heteroatoms. The van der Waals surface area contributed by atoms with Crippen LogP contribution in [0.1, 0.15) is 18.2 Å². The predicted molar refractivity (Wildman–Crippen MR) is 74.6 cm³/mol. The molecule has 0 radical (unpaired) electrons. The minimum absolute atomic E-state index is 0.125. The van der Waals surface area contributed by atoms with Crippen molar-refractivity contribution in [1.29, 1.82) is 0 Å². The number of rotatable bonds is 5. The van der Waals surface area contributed by atoms with E-state index in [2.05, 4.69) is 34.3 Å². The number of carbonyl (C=O) groups is 1. The molecule has 0 atom stereocenters. The molecule has 0 fully saturated rings. The summed E-state index contributed by atoms with van der Waals surface area (Å²) >= 11 is 3.52. The van der Waals surface area contributed by atoms with Crippen LogP contribution in [-0.2, 0) is 11.2 Å². The molecule has 0 saturated heterocycles. The number of carbonyl (C=O) groups excluding carboxylic acids is 1. The second-order valence-corrected chi connectivity index (χ2v) is 5.68. The molecule has 1 N–H and O–H groups in total. The van der Waals surface area contributed by atoms with Crippen LogP contribution >= 0.6 is 22.7 Å². The summed E-state index contributed by atoms with van der Waals surface area (Å²) in [6.45, 7) is 2.60. The molecule has 0 saturated carbocycles. The van der Waals surface area contributed by atoms with Crippen molar-refractivity contribution in [3.8, 4) is 10.4 Å². The summed E-state index contributed by atoms with van der Waals surface area (Å²) in [5.74, 6) is 0.125. The zero-order valence-electron chi connectivity index (χ0n) is 9.73. The van der Waals surface area contributed by atoms with E-state index < -0.39 is 0 Å². The Hall–Kier alpha value is -1.13. The smallest absolute Gasteiger partial charge is 0.219 e. The summed E-state index contributed by atoms with van der Waals surface area (Å²) in [6.07, 6.45) is 1.48. The van der Waals surface area contributed by atoms with Gasteiger partial charge in [0.25, 0.3) is 0 Å². The van der Waals surface area contributed by atoms with Crippen LogP contribution in [0.2, 0.25) is 0 Å². The lowest BCUT2D eigenvalue weighted by Gasteiger charge is -2.00. The van der Waals surface area contributed by atoms with Gasteiger partial charge in [0.1, 0.15) is 0 Å². The maximum Gasteiger partial charge on any atom is 0.219 e. The Bertz CT molecular complexity index is 473. The van der Waals surface area contributed by atoms with Gasteiger partial charge < -0.3 is 5.32 Å². The highest BCUT2D eigenvalue weighted by atomic mass is 32.1. The van der Waals surface area contributed by atoms with Crippen molar-refractivity contribution < 1.29 is 4.79 Å². The Morgan fingerprint density at radius 2 is 2.24 bits per heavy atom. The van der Waals surface area contributed by atoms with E-state index in [1.807, 2.05) is 6.92 Å². The van der Waals surface area contributed by atoms with Crippen LogP contribution in [-0.4, -0.2) is 12.5 Å². The Kier molecular flexibility index (Phi) is 4.34. The second kappa shape index (κ2) is 5.98. The molecule has 0 aliphatic rings. The van der Waals surface area contributed by atoms with Crippen LogP contribution in [0.4, 0.5) is 0 Å². The molecule has 0 spiro atoms. The van der Waals surface area contributed by atoms with Gasteiger partial charge in [-0.3, -0.25) is 4.79 Å². The molecule has 2 heterocycles. The molecular weight excluding hydrogens is 250 g/mol. The molecule has 0 aromatic carbocycles. The molecule has 90 valence electrons. The van der Waals surface area contributed by atoms with Gasteiger partial charge in [0, 0.05) is 28.3 Å². The Balaban J connectivity index is 1.89. The second-order valence-electron chi connectivity index (χ2n) is 3.73. The van der Waals surface area contributed by atoms with Gasteiger partial charge in [-0.05, 0) is 35.4 Å². The quantitative estimate of drug-likeness (QED) is 0.880. The average molecular weight is 265 g/mol. The predicted octanol–water partition coefficient (Wildman–Crippen LogP) is 3.55. The van der Waals surface area contributed by atoms with E-state index in [1.165, 1.54) is 15.3 Å². The summed E-state index contributed by atoms with van der Waals surface area (Å²) in [6, 6.07) is 6.44. The normalized spacial score (nSPS) is 10.4. The summed E-state index contributed by atoms with van der Waals surface area (Å²) in [7, 11) is 0. The van der Waals surface area contributed by atoms with Gasteiger partial charge >= 0.3 is 0 Å². The summed E-state index contributed by atoms with van der Waals surface area (Å²) < 4.78 is 0. The summed E-state index contributed by atoms with van der Waals surface area (Å²) in [4.78, 5) is 13.7. The van der Waals surface area contributed by atoms with Crippen molar-refractivity contribution in [3.05, 3.63) is 33.8 Å². The maximum absolute atomic E-state index is 11.1. The van der Waals surface area contributed by atoms with E-state index in [1.54, 1.807) is 22.7 Å². The lowest BCUT2D eigenvalue weighted by Crippen LogP contribution is -2.24. The van der Waals surface area contributed by atoms with E-state index in [4.69, 9.17) is 0 Å². The molecule has 0 bridgehead atoms. The van der Waals surface area contributed by atoms with Gasteiger partial charge in [0.15, 0.2) is 0 Å². The van der Waals surface area contributed by atoms with Gasteiger partial charge in [0.05, 0.1) is 0 Å². The van der Waals surface area contributed by atoms with Crippen LogP contribution in [0.3, 0.4) is 0 Å². The van der Waals surface area contributed by atoms with Crippen molar-refractivity contribution in [3.63, 3.8) is 0 Å². The van der Waals surface area contributed by atoms with Crippen LogP contribution in [0.25, 0.3) is 10.4 Å². The molecule has 0 aliphatic carbocycles. The fourth-order valence-corrected chi connectivity index (χ4v) is 3.26. The Morgan fingerprint density at radius 3 is 2.94 bits per heavy atom. The minimum Gasteiger partial charge on any atom is -0.356 e. The van der Waals surface area contributed by atoms with E-state index >= 15 is 0 Å². The molecule has 2 aromatic rings. The minimum atomic E-state index is 0.125. The summed E-state index contributed by atoms with van der Waals surface area (Å²) in [5.41, 5.74) is 1.30. The number of thiophene rings is 2. The molecule has 17 heavy (non-hydrogen) atoms. The summed E-state index contributed by atoms with van der Waals surface area (Å²) in [5, 5.41) is 7.15. The lowest BCUT2D eigenvalue weighted by atomic mass is 10.3. The van der Waals surface area contributed by atoms with Crippen molar-refractivity contribution in [2.45, 2.75) is 19.8 Å². The first kappa shape index (κ1) is 12.3. The molecule has 0 unspecified atom stereocenters. The Labute approximate surface area is 109 Å². The average Bonchev–Trinajstić information content (AvgIpc) is 2.98. The molecule has 1 amide bonds. The number of hydrogen-bond acceptors (Lipinski definition) is 3. The van der Waals surface area contributed by atoms with Gasteiger partial charge in [-0.1, -0.05) is 6.92 Å². The lowest BCUT2D eigenvalue weighted by molar-refractivity contribution is -0.120. The molecule has 2 aromatic heterocycles. The molecule has 2 rings (SSSR count). The third-order valence-electron chi connectivity index (χ3n) is 2.48. The van der Waals surface area contributed by atoms with Gasteiger partial charge in [-0.2, -0.15) is 11.3 Å². The van der Waals surface area contributed by atoms with Crippen molar-refractivity contribution in [2.24, 2.45) is 0 Å². The monoisotopic (exact) mass is 265 g/mol. The standard InChI is InChI=1S/C13H15NOS2/c1-2-13(15)14-7-5-11-3-4-12(17-11)10-6-8-16-9-10/h3-4,6,8-9H,2,5,7H2,1H3,(H,14,15). The van der Waals surface area contributed by atoms with Crippen LogP contribution < -0.4 is 5.32 Å². The zero-order chi connectivity index (χ0) is 12.1. The highest BCUT2D eigenvalue weighted by Crippen LogP contribution is 2.29. The van der Waals surface area contributed by atoms with Crippen LogP contribution in [0.5, 0.6) is 0 Å². The van der Waals surface area contributed by atoms with E-state index in [0.717, 1.165) is 13.0 Å². The fourth-order valence-electron chi connectivity index (χ4n) is 1.52. The van der Waals surface area contributed by atoms with Crippen molar-refractivity contribution >= 4 is 28.6 Å². The third kappa shape index (κ3) is 3.41. The molecular formula is C13H15NOS2. The van der Waals surface area contributed by atoms with E-state index in [0.29, 0.717) is 6.42 Å². The topological polar surface area (TPSA) is 29.1 Å². The first-order valence-corrected chi connectivity index (χ1v) is 7.43. The van der Waals surface area contributed by atoms with Crippen molar-refractivity contribution in [1.82, 2.24) is 5.32 Å². The maximum atomic E-state index is 11.1. The zero-order valence-corrected chi connectivity index (χ0v) is 11.4. The van der Waals surface area contributed by atoms with E-state index in [9.17, 15) is 4.79 Å². The van der Waals surface area contributed by atoms with E-state index in [-0.39, 0.29) is 5.91 Å². The molecule has 2 nitrogen and oxygen atoms in total. The molecule has 0 aliphatic heterocycles. The first-order valence-electron chi connectivity index (χ1n) is 5.67. The number of amides is 1. The highest BCUT2D eigenvalue weighted by Gasteiger charge is 2.03. The van der Waals surface area contributed by atoms with Crippen molar-refractivity contribution in [2.75, 3.05) is 6.54 Å². The van der Waals surface area contributed by atoms with Crippen LogP contribution in [0, 0.1) is 0 Å². The first-order chi connectivity index (χ1) is 8.29.